The number of unbranched alkanes of at least 4 members (excludes halogenated alkanes) is 1. The molecular formula is C28H33N5O3. The number of anilines is 1. The first kappa shape index (κ1) is 24.2. The third-order valence-electron chi connectivity index (χ3n) is 6.83. The summed E-state index contributed by atoms with van der Waals surface area (Å²) in [6.07, 6.45) is 2.98. The van der Waals surface area contributed by atoms with Gasteiger partial charge in [-0.3, -0.25) is 4.90 Å². The summed E-state index contributed by atoms with van der Waals surface area (Å²) in [6.45, 7) is 7.37. The van der Waals surface area contributed by atoms with E-state index in [2.05, 4.69) is 45.6 Å². The van der Waals surface area contributed by atoms with Crippen LogP contribution in [-0.4, -0.2) is 58.8 Å². The van der Waals surface area contributed by atoms with Gasteiger partial charge >= 0.3 is 5.97 Å². The molecule has 0 aliphatic carbocycles. The second-order valence-electron chi connectivity index (χ2n) is 9.34. The number of fused-ring (bicyclic) bond motifs is 3. The number of methoxy groups -OCH3 is 1. The van der Waals surface area contributed by atoms with E-state index in [9.17, 15) is 4.79 Å². The average Bonchev–Trinajstić information content (AvgIpc) is 3.27. The molecular weight excluding hydrogens is 454 g/mol. The fourth-order valence-corrected chi connectivity index (χ4v) is 4.85. The molecule has 0 saturated carbocycles. The number of rotatable bonds is 8. The van der Waals surface area contributed by atoms with Crippen molar-refractivity contribution in [1.82, 2.24) is 19.4 Å². The third-order valence-corrected chi connectivity index (χ3v) is 6.83. The van der Waals surface area contributed by atoms with E-state index in [1.807, 2.05) is 6.07 Å². The quantitative estimate of drug-likeness (QED) is 0.373. The second-order valence-corrected chi connectivity index (χ2v) is 9.34. The van der Waals surface area contributed by atoms with Crippen LogP contribution in [0.25, 0.3) is 21.9 Å². The molecule has 1 aliphatic heterocycles. The van der Waals surface area contributed by atoms with Crippen LogP contribution in [0.1, 0.15) is 47.1 Å². The van der Waals surface area contributed by atoms with Crippen LogP contribution >= 0.6 is 0 Å². The van der Waals surface area contributed by atoms with Crippen LogP contribution < -0.4 is 5.73 Å². The Labute approximate surface area is 211 Å². The second kappa shape index (κ2) is 10.6. The number of nitrogens with two attached hydrogens (primary N) is 1. The maximum Gasteiger partial charge on any atom is 0.337 e. The Morgan fingerprint density at radius 3 is 2.47 bits per heavy atom. The molecule has 8 heteroatoms. The van der Waals surface area contributed by atoms with Crippen molar-refractivity contribution in [3.8, 4) is 0 Å². The lowest BCUT2D eigenvalue weighted by Crippen LogP contribution is -2.35. The number of imidazole rings is 1. The van der Waals surface area contributed by atoms with Gasteiger partial charge in [0, 0.05) is 38.0 Å². The van der Waals surface area contributed by atoms with E-state index in [-0.39, 0.29) is 0 Å². The molecule has 0 spiro atoms. The lowest BCUT2D eigenvalue weighted by Gasteiger charge is -2.26. The molecule has 188 valence electrons. The number of morpholine rings is 1. The first-order valence-corrected chi connectivity index (χ1v) is 12.6. The minimum atomic E-state index is -0.397. The van der Waals surface area contributed by atoms with Gasteiger partial charge < -0.3 is 19.8 Å². The Bertz CT molecular complexity index is 1370. The fourth-order valence-electron chi connectivity index (χ4n) is 4.85. The molecule has 0 bridgehead atoms. The monoisotopic (exact) mass is 487 g/mol. The molecule has 0 unspecified atom stereocenters. The highest BCUT2D eigenvalue weighted by molar-refractivity contribution is 6.08. The number of esters is 1. The highest BCUT2D eigenvalue weighted by Gasteiger charge is 2.19. The number of aromatic nitrogens is 3. The van der Waals surface area contributed by atoms with Crippen molar-refractivity contribution in [3.63, 3.8) is 0 Å². The number of carbonyl (C=O) groups is 1. The van der Waals surface area contributed by atoms with Gasteiger partial charge in [-0.05, 0) is 35.7 Å². The zero-order valence-electron chi connectivity index (χ0n) is 21.0. The number of nitrogen functional groups attached to an aromatic ring is 1. The van der Waals surface area contributed by atoms with Crippen LogP contribution in [0.4, 0.5) is 5.82 Å². The molecule has 2 N–H and O–H groups in total. The molecule has 8 nitrogen and oxygen atoms in total. The average molecular weight is 488 g/mol. The number of nitrogens with zero attached hydrogens (tertiary/aromatic N) is 4. The van der Waals surface area contributed by atoms with Gasteiger partial charge in [-0.25, -0.2) is 14.8 Å². The summed E-state index contributed by atoms with van der Waals surface area (Å²) >= 11 is 0. The van der Waals surface area contributed by atoms with E-state index in [1.54, 1.807) is 12.1 Å². The highest BCUT2D eigenvalue weighted by atomic mass is 16.5. The molecule has 1 fully saturated rings. The number of carbonyl (C=O) groups excluding carboxylic acids is 1. The van der Waals surface area contributed by atoms with Crippen molar-refractivity contribution in [1.29, 1.82) is 0 Å². The molecule has 0 atom stereocenters. The van der Waals surface area contributed by atoms with Gasteiger partial charge in [-0.2, -0.15) is 0 Å². The molecule has 2 aromatic heterocycles. The lowest BCUT2D eigenvalue weighted by molar-refractivity contribution is 0.0342. The molecule has 0 radical (unpaired) electrons. The van der Waals surface area contributed by atoms with Crippen LogP contribution in [0.2, 0.25) is 0 Å². The van der Waals surface area contributed by atoms with Gasteiger partial charge in [0.1, 0.15) is 11.3 Å². The Morgan fingerprint density at radius 2 is 1.78 bits per heavy atom. The number of hydrogen-bond acceptors (Lipinski definition) is 7. The summed E-state index contributed by atoms with van der Waals surface area (Å²) < 4.78 is 12.6. The standard InChI is InChI=1S/C28H33N5O3/c1-3-4-5-24-31-25-26(22-11-10-21(28(34)35-2)16-23(22)30-27(25)29)33(24)18-20-8-6-19(7-9-20)17-32-12-14-36-15-13-32/h6-11,16H,3-5,12-15,17-18H2,1-2H3,(H2,29,30). The van der Waals surface area contributed by atoms with Gasteiger partial charge in [0.05, 0.1) is 36.9 Å². The maximum absolute atomic E-state index is 12.1. The van der Waals surface area contributed by atoms with Crippen molar-refractivity contribution in [3.05, 3.63) is 65.0 Å². The predicted octanol–water partition coefficient (Wildman–Crippen LogP) is 4.18. The summed E-state index contributed by atoms with van der Waals surface area (Å²) in [5.74, 6) is 0.978. The van der Waals surface area contributed by atoms with Gasteiger partial charge in [0.15, 0.2) is 5.82 Å². The number of aryl methyl sites for hydroxylation is 1. The number of benzene rings is 2. The minimum absolute atomic E-state index is 0.372. The minimum Gasteiger partial charge on any atom is -0.465 e. The van der Waals surface area contributed by atoms with E-state index in [1.165, 1.54) is 18.2 Å². The Hall–Kier alpha value is -3.49. The number of pyridine rings is 1. The molecule has 1 saturated heterocycles. The Morgan fingerprint density at radius 1 is 1.06 bits per heavy atom. The number of ether oxygens (including phenoxy) is 2. The molecule has 36 heavy (non-hydrogen) atoms. The lowest BCUT2D eigenvalue weighted by atomic mass is 10.1. The van der Waals surface area contributed by atoms with E-state index >= 15 is 0 Å². The summed E-state index contributed by atoms with van der Waals surface area (Å²) in [6, 6.07) is 14.3. The largest absolute Gasteiger partial charge is 0.465 e. The SMILES string of the molecule is CCCCc1nc2c(N)nc3cc(C(=O)OC)ccc3c2n1Cc1ccc(CN2CCOCC2)cc1. The number of hydrogen-bond donors (Lipinski definition) is 1. The summed E-state index contributed by atoms with van der Waals surface area (Å²) in [5.41, 5.74) is 11.7. The van der Waals surface area contributed by atoms with Crippen LogP contribution in [0, 0.1) is 0 Å². The zero-order chi connectivity index (χ0) is 25.1. The normalized spacial score (nSPS) is 14.5. The van der Waals surface area contributed by atoms with E-state index in [4.69, 9.17) is 20.2 Å². The van der Waals surface area contributed by atoms with Gasteiger partial charge in [-0.15, -0.1) is 0 Å². The molecule has 0 amide bonds. The zero-order valence-corrected chi connectivity index (χ0v) is 21.0. The molecule has 3 heterocycles. The Balaban J connectivity index is 1.53. The fraction of sp³-hybridized carbons (Fsp3) is 0.393. The Kier molecular flexibility index (Phi) is 7.16. The van der Waals surface area contributed by atoms with E-state index < -0.39 is 5.97 Å². The summed E-state index contributed by atoms with van der Waals surface area (Å²) in [4.78, 5) is 24.0. The van der Waals surface area contributed by atoms with Gasteiger partial charge in [0.2, 0.25) is 0 Å². The third kappa shape index (κ3) is 4.92. The molecule has 2 aromatic carbocycles. The van der Waals surface area contributed by atoms with Crippen LogP contribution in [0.15, 0.2) is 42.5 Å². The summed E-state index contributed by atoms with van der Waals surface area (Å²) in [7, 11) is 1.37. The molecule has 4 aromatic rings. The van der Waals surface area contributed by atoms with Crippen molar-refractivity contribution in [2.75, 3.05) is 39.1 Å². The molecule has 5 rings (SSSR count). The van der Waals surface area contributed by atoms with Crippen LogP contribution in [0.3, 0.4) is 0 Å². The van der Waals surface area contributed by atoms with Gasteiger partial charge in [-0.1, -0.05) is 37.6 Å². The highest BCUT2D eigenvalue weighted by Crippen LogP contribution is 2.31. The smallest absolute Gasteiger partial charge is 0.337 e. The van der Waals surface area contributed by atoms with E-state index in [0.29, 0.717) is 29.0 Å². The van der Waals surface area contributed by atoms with Crippen LogP contribution in [0.5, 0.6) is 0 Å². The summed E-state index contributed by atoms with van der Waals surface area (Å²) in [5, 5.41) is 0.922. The van der Waals surface area contributed by atoms with Gasteiger partial charge in [0.25, 0.3) is 0 Å². The maximum atomic E-state index is 12.1. The predicted molar refractivity (Wildman–Crippen MR) is 141 cm³/mol. The topological polar surface area (TPSA) is 95.5 Å². The first-order valence-electron chi connectivity index (χ1n) is 12.6. The molecule has 1 aliphatic rings. The van der Waals surface area contributed by atoms with Crippen LogP contribution in [-0.2, 0) is 29.0 Å². The van der Waals surface area contributed by atoms with Crippen molar-refractivity contribution < 1.29 is 14.3 Å². The van der Waals surface area contributed by atoms with Crippen molar-refractivity contribution in [2.45, 2.75) is 39.3 Å². The van der Waals surface area contributed by atoms with E-state index in [0.717, 1.165) is 68.8 Å². The van der Waals surface area contributed by atoms with Crippen molar-refractivity contribution in [2.24, 2.45) is 0 Å². The van der Waals surface area contributed by atoms with Crippen molar-refractivity contribution >= 4 is 33.7 Å². The first-order chi connectivity index (χ1) is 17.6.